The Morgan fingerprint density at radius 3 is 2.30 bits per heavy atom. The Kier molecular flexibility index (Phi) is 7.98. The molecule has 37 heavy (non-hydrogen) atoms. The summed E-state index contributed by atoms with van der Waals surface area (Å²) in [6, 6.07) is 17.1. The van der Waals surface area contributed by atoms with Crippen LogP contribution < -0.4 is 19.5 Å². The molecule has 1 heterocycles. The molecule has 8 nitrogen and oxygen atoms in total. The van der Waals surface area contributed by atoms with Gasteiger partial charge in [0, 0.05) is 12.1 Å². The van der Waals surface area contributed by atoms with Crippen LogP contribution in [0.2, 0.25) is 0 Å². The molecule has 3 aromatic carbocycles. The Labute approximate surface area is 214 Å². The second kappa shape index (κ2) is 11.3. The standard InChI is InChI=1S/C27H27FN2O6S/c1-4-35-21-10-6-19(7-11-21)25-30-27(37(31,32)22-12-8-20(28)9-13-22)26(36-25)29-16-15-18-5-14-23(33-2)24(17-18)34-3/h5-14,17,29H,4,15-16H2,1-3H3. The van der Waals surface area contributed by atoms with Crippen LogP contribution in [0.4, 0.5) is 10.3 Å². The first kappa shape index (κ1) is 26.0. The predicted molar refractivity (Wildman–Crippen MR) is 137 cm³/mol. The van der Waals surface area contributed by atoms with Gasteiger partial charge in [0.25, 0.3) is 0 Å². The highest BCUT2D eigenvalue weighted by molar-refractivity contribution is 7.91. The second-order valence-electron chi connectivity index (χ2n) is 7.93. The molecule has 0 radical (unpaired) electrons. The van der Waals surface area contributed by atoms with Crippen LogP contribution in [-0.2, 0) is 16.3 Å². The van der Waals surface area contributed by atoms with Crippen LogP contribution in [0.1, 0.15) is 12.5 Å². The molecule has 0 aliphatic rings. The summed E-state index contributed by atoms with van der Waals surface area (Å²) in [6.45, 7) is 2.75. The number of ether oxygens (including phenoxy) is 3. The van der Waals surface area contributed by atoms with Crippen molar-refractivity contribution in [2.45, 2.75) is 23.3 Å². The van der Waals surface area contributed by atoms with Crippen LogP contribution in [0.25, 0.3) is 11.5 Å². The minimum Gasteiger partial charge on any atom is -0.494 e. The van der Waals surface area contributed by atoms with E-state index in [0.29, 0.717) is 42.4 Å². The fourth-order valence-electron chi connectivity index (χ4n) is 3.67. The second-order valence-corrected chi connectivity index (χ2v) is 9.80. The Morgan fingerprint density at radius 2 is 1.65 bits per heavy atom. The molecule has 0 saturated heterocycles. The van der Waals surface area contributed by atoms with Gasteiger partial charge in [0.1, 0.15) is 11.6 Å². The van der Waals surface area contributed by atoms with Crippen LogP contribution in [-0.4, -0.2) is 40.8 Å². The van der Waals surface area contributed by atoms with E-state index in [1.165, 1.54) is 12.1 Å². The van der Waals surface area contributed by atoms with Crippen LogP contribution in [0.5, 0.6) is 17.2 Å². The lowest BCUT2D eigenvalue weighted by Crippen LogP contribution is -2.10. The van der Waals surface area contributed by atoms with E-state index in [0.717, 1.165) is 17.7 Å². The largest absolute Gasteiger partial charge is 0.494 e. The molecule has 0 aliphatic carbocycles. The first-order chi connectivity index (χ1) is 17.8. The number of nitrogens with zero attached hydrogens (tertiary/aromatic N) is 1. The van der Waals surface area contributed by atoms with Gasteiger partial charge in [-0.3, -0.25) is 0 Å². The summed E-state index contributed by atoms with van der Waals surface area (Å²) >= 11 is 0. The summed E-state index contributed by atoms with van der Waals surface area (Å²) in [5, 5.41) is 2.78. The lowest BCUT2D eigenvalue weighted by atomic mass is 10.1. The zero-order valence-electron chi connectivity index (χ0n) is 20.7. The normalized spacial score (nSPS) is 11.2. The highest BCUT2D eigenvalue weighted by atomic mass is 32.2. The van der Waals surface area contributed by atoms with Crippen molar-refractivity contribution in [3.63, 3.8) is 0 Å². The zero-order valence-corrected chi connectivity index (χ0v) is 21.5. The number of hydrogen-bond acceptors (Lipinski definition) is 8. The van der Waals surface area contributed by atoms with Gasteiger partial charge >= 0.3 is 0 Å². The predicted octanol–water partition coefficient (Wildman–Crippen LogP) is 5.38. The topological polar surface area (TPSA) is 99.9 Å². The van der Waals surface area contributed by atoms with Gasteiger partial charge in [-0.25, -0.2) is 12.8 Å². The van der Waals surface area contributed by atoms with Crippen LogP contribution in [0.3, 0.4) is 0 Å². The lowest BCUT2D eigenvalue weighted by Gasteiger charge is -2.10. The molecular weight excluding hydrogens is 499 g/mol. The maximum absolute atomic E-state index is 13.4. The summed E-state index contributed by atoms with van der Waals surface area (Å²) in [6.07, 6.45) is 0.537. The number of oxazole rings is 1. The molecule has 0 bridgehead atoms. The van der Waals surface area contributed by atoms with E-state index in [2.05, 4.69) is 10.3 Å². The van der Waals surface area contributed by atoms with Crippen molar-refractivity contribution in [2.24, 2.45) is 0 Å². The summed E-state index contributed by atoms with van der Waals surface area (Å²) in [5.41, 5.74) is 1.52. The molecular formula is C27H27FN2O6S. The van der Waals surface area contributed by atoms with E-state index in [4.69, 9.17) is 18.6 Å². The van der Waals surface area contributed by atoms with Gasteiger partial charge in [-0.15, -0.1) is 0 Å². The molecule has 1 aromatic heterocycles. The summed E-state index contributed by atoms with van der Waals surface area (Å²) < 4.78 is 62.2. The number of sulfone groups is 1. The maximum atomic E-state index is 13.4. The van der Waals surface area contributed by atoms with Gasteiger partial charge in [0.2, 0.25) is 26.6 Å². The van der Waals surface area contributed by atoms with E-state index < -0.39 is 15.7 Å². The van der Waals surface area contributed by atoms with Gasteiger partial charge in [0.05, 0.1) is 25.7 Å². The van der Waals surface area contributed by atoms with Crippen LogP contribution in [0.15, 0.2) is 81.1 Å². The van der Waals surface area contributed by atoms with Gasteiger partial charge in [-0.1, -0.05) is 6.07 Å². The SMILES string of the molecule is CCOc1ccc(-c2nc(S(=O)(=O)c3ccc(F)cc3)c(NCCc3ccc(OC)c(OC)c3)o2)cc1. The van der Waals surface area contributed by atoms with E-state index in [9.17, 15) is 12.8 Å². The van der Waals surface area contributed by atoms with Gasteiger partial charge in [-0.05, 0) is 79.6 Å². The Balaban J connectivity index is 1.64. The number of anilines is 1. The minimum absolute atomic E-state index is 0.00585. The number of benzene rings is 3. The van der Waals surface area contributed by atoms with Crippen molar-refractivity contribution in [3.8, 4) is 28.7 Å². The number of methoxy groups -OCH3 is 2. The number of aromatic nitrogens is 1. The van der Waals surface area contributed by atoms with Crippen molar-refractivity contribution in [1.29, 1.82) is 0 Å². The fourth-order valence-corrected chi connectivity index (χ4v) is 4.94. The number of nitrogens with one attached hydrogen (secondary N) is 1. The van der Waals surface area contributed by atoms with Crippen molar-refractivity contribution in [3.05, 3.63) is 78.1 Å². The highest BCUT2D eigenvalue weighted by Gasteiger charge is 2.28. The third-order valence-electron chi connectivity index (χ3n) is 5.53. The van der Waals surface area contributed by atoms with E-state index in [-0.39, 0.29) is 21.7 Å². The molecule has 0 fully saturated rings. The van der Waals surface area contributed by atoms with Crippen LogP contribution >= 0.6 is 0 Å². The van der Waals surface area contributed by atoms with Crippen molar-refractivity contribution in [1.82, 2.24) is 4.98 Å². The summed E-state index contributed by atoms with van der Waals surface area (Å²) in [5.74, 6) is 1.46. The quantitative estimate of drug-likeness (QED) is 0.260. The highest BCUT2D eigenvalue weighted by Crippen LogP contribution is 2.33. The molecule has 194 valence electrons. The van der Waals surface area contributed by atoms with E-state index in [1.807, 2.05) is 19.1 Å². The van der Waals surface area contributed by atoms with E-state index in [1.54, 1.807) is 44.6 Å². The van der Waals surface area contributed by atoms with Gasteiger partial charge < -0.3 is 23.9 Å². The summed E-state index contributed by atoms with van der Waals surface area (Å²) in [4.78, 5) is 4.22. The number of hydrogen-bond donors (Lipinski definition) is 1. The van der Waals surface area contributed by atoms with Crippen molar-refractivity contribution < 1.29 is 31.4 Å². The molecule has 4 aromatic rings. The third-order valence-corrected chi connectivity index (χ3v) is 7.21. The average Bonchev–Trinajstić information content (AvgIpc) is 3.34. The molecule has 0 aliphatic heterocycles. The average molecular weight is 527 g/mol. The molecule has 1 N–H and O–H groups in total. The molecule has 0 atom stereocenters. The Bertz CT molecular complexity index is 1450. The molecule has 10 heteroatoms. The molecule has 0 spiro atoms. The monoisotopic (exact) mass is 526 g/mol. The zero-order chi connectivity index (χ0) is 26.4. The first-order valence-corrected chi connectivity index (χ1v) is 13.0. The Morgan fingerprint density at radius 1 is 0.946 bits per heavy atom. The smallest absolute Gasteiger partial charge is 0.233 e. The Hall–Kier alpha value is -4.05. The third kappa shape index (κ3) is 5.86. The summed E-state index contributed by atoms with van der Waals surface area (Å²) in [7, 11) is -0.978. The minimum atomic E-state index is -4.10. The molecule has 0 amide bonds. The van der Waals surface area contributed by atoms with Gasteiger partial charge in [-0.2, -0.15) is 4.98 Å². The maximum Gasteiger partial charge on any atom is 0.233 e. The molecule has 4 rings (SSSR count). The van der Waals surface area contributed by atoms with Crippen molar-refractivity contribution in [2.75, 3.05) is 32.7 Å². The number of halogens is 1. The van der Waals surface area contributed by atoms with Crippen molar-refractivity contribution >= 4 is 15.7 Å². The fraction of sp³-hybridized carbons (Fsp3) is 0.222. The van der Waals surface area contributed by atoms with Crippen LogP contribution in [0, 0.1) is 5.82 Å². The molecule has 0 saturated carbocycles. The number of rotatable bonds is 11. The first-order valence-electron chi connectivity index (χ1n) is 11.5. The molecule has 0 unspecified atom stereocenters. The lowest BCUT2D eigenvalue weighted by molar-refractivity contribution is 0.340. The van der Waals surface area contributed by atoms with Gasteiger partial charge in [0.15, 0.2) is 11.5 Å². The van der Waals surface area contributed by atoms with E-state index >= 15 is 0 Å².